The second kappa shape index (κ2) is 15.6. The van der Waals surface area contributed by atoms with Crippen LogP contribution in [0.25, 0.3) is 6.08 Å². The van der Waals surface area contributed by atoms with Crippen LogP contribution in [0.15, 0.2) is 57.5 Å². The lowest BCUT2D eigenvalue weighted by atomic mass is 9.94. The van der Waals surface area contributed by atoms with Crippen molar-refractivity contribution in [1.29, 1.82) is 0 Å². The minimum Gasteiger partial charge on any atom is -0.493 e. The van der Waals surface area contributed by atoms with Crippen LogP contribution in [-0.4, -0.2) is 58.3 Å². The van der Waals surface area contributed by atoms with Crippen molar-refractivity contribution in [3.05, 3.63) is 78.5 Å². The molecule has 1 atom stereocenters. The van der Waals surface area contributed by atoms with Crippen molar-refractivity contribution >= 4 is 23.4 Å². The zero-order valence-electron chi connectivity index (χ0n) is 26.1. The molecule has 1 aliphatic heterocycles. The normalized spacial score (nSPS) is 14.6. The number of ether oxygens (including phenoxy) is 6. The summed E-state index contributed by atoms with van der Waals surface area (Å²) in [4.78, 5) is 33.0. The van der Waals surface area contributed by atoms with Gasteiger partial charge in [0, 0.05) is 18.2 Å². The van der Waals surface area contributed by atoms with Crippen molar-refractivity contribution in [1.82, 2.24) is 4.57 Å². The Hall–Kier alpha value is -4.09. The quantitative estimate of drug-likeness (QED) is 0.181. The highest BCUT2D eigenvalue weighted by atomic mass is 32.1. The molecule has 11 heteroatoms. The van der Waals surface area contributed by atoms with E-state index >= 15 is 0 Å². The van der Waals surface area contributed by atoms with Gasteiger partial charge < -0.3 is 28.4 Å². The first-order valence-electron chi connectivity index (χ1n) is 14.7. The van der Waals surface area contributed by atoms with Crippen molar-refractivity contribution in [3.63, 3.8) is 0 Å². The molecule has 0 aliphatic carbocycles. The Morgan fingerprint density at radius 1 is 0.955 bits per heavy atom. The highest BCUT2D eigenvalue weighted by Crippen LogP contribution is 2.41. The highest BCUT2D eigenvalue weighted by Gasteiger charge is 2.36. The first kappa shape index (κ1) is 32.8. The van der Waals surface area contributed by atoms with Gasteiger partial charge in [0.05, 0.1) is 49.8 Å². The molecule has 1 aromatic heterocycles. The van der Waals surface area contributed by atoms with Crippen LogP contribution in [0.4, 0.5) is 0 Å². The number of aromatic nitrogens is 1. The number of methoxy groups -OCH3 is 3. The summed E-state index contributed by atoms with van der Waals surface area (Å²) in [5, 5.41) is 0. The third-order valence-corrected chi connectivity index (χ3v) is 8.07. The molecule has 0 unspecified atom stereocenters. The number of benzene rings is 2. The number of esters is 1. The summed E-state index contributed by atoms with van der Waals surface area (Å²) >= 11 is 1.23. The van der Waals surface area contributed by atoms with Crippen LogP contribution < -0.4 is 33.8 Å². The van der Waals surface area contributed by atoms with Gasteiger partial charge in [-0.2, -0.15) is 0 Å². The van der Waals surface area contributed by atoms with Crippen LogP contribution in [-0.2, 0) is 14.3 Å². The molecule has 3 aromatic rings. The number of carbonyl (C=O) groups excluding carboxylic acids is 1. The molecular formula is C33H40N2O8S. The number of rotatable bonds is 15. The van der Waals surface area contributed by atoms with E-state index in [1.807, 2.05) is 31.2 Å². The number of para-hydroxylation sites is 2. The maximum Gasteiger partial charge on any atom is 0.338 e. The predicted octanol–water partition coefficient (Wildman–Crippen LogP) is 4.41. The van der Waals surface area contributed by atoms with Crippen molar-refractivity contribution in [2.24, 2.45) is 4.99 Å². The molecule has 0 fully saturated rings. The summed E-state index contributed by atoms with van der Waals surface area (Å²) in [6.07, 6.45) is 4.81. The van der Waals surface area contributed by atoms with Gasteiger partial charge in [0.1, 0.15) is 12.6 Å². The van der Waals surface area contributed by atoms with Crippen molar-refractivity contribution in [2.45, 2.75) is 46.1 Å². The van der Waals surface area contributed by atoms with Crippen LogP contribution in [0.1, 0.15) is 57.2 Å². The van der Waals surface area contributed by atoms with Crippen LogP contribution in [0.3, 0.4) is 0 Å². The zero-order valence-corrected chi connectivity index (χ0v) is 27.0. The fourth-order valence-corrected chi connectivity index (χ4v) is 6.05. The third kappa shape index (κ3) is 7.00. The molecular weight excluding hydrogens is 584 g/mol. The molecule has 0 radical (unpaired) electrons. The molecule has 2 aromatic carbocycles. The van der Waals surface area contributed by atoms with Gasteiger partial charge >= 0.3 is 5.97 Å². The molecule has 10 nitrogen and oxygen atoms in total. The van der Waals surface area contributed by atoms with Gasteiger partial charge in [0.25, 0.3) is 5.56 Å². The SMILES string of the molecule is CCCCCOc1c(/C=c2/sc3n(c2=O)[C@H](c2cccc(OC)c2OCC)C(C(=O)OCCOC)=C(C)N=3)cccc1OC. The van der Waals surface area contributed by atoms with E-state index in [1.54, 1.807) is 39.4 Å². The third-order valence-electron chi connectivity index (χ3n) is 7.08. The molecule has 2 heterocycles. The number of allylic oxidation sites excluding steroid dienone is 1. The van der Waals surface area contributed by atoms with Crippen molar-refractivity contribution in [2.75, 3.05) is 47.8 Å². The monoisotopic (exact) mass is 624 g/mol. The molecule has 0 saturated carbocycles. The number of hydrogen-bond acceptors (Lipinski definition) is 10. The largest absolute Gasteiger partial charge is 0.493 e. The second-order valence-electron chi connectivity index (χ2n) is 9.96. The first-order chi connectivity index (χ1) is 21.4. The molecule has 0 bridgehead atoms. The van der Waals surface area contributed by atoms with Crippen molar-refractivity contribution in [3.8, 4) is 23.0 Å². The maximum atomic E-state index is 14.3. The molecule has 0 amide bonds. The van der Waals surface area contributed by atoms with Gasteiger partial charge in [-0.25, -0.2) is 9.79 Å². The van der Waals surface area contributed by atoms with E-state index in [-0.39, 0.29) is 24.3 Å². The Morgan fingerprint density at radius 3 is 2.36 bits per heavy atom. The summed E-state index contributed by atoms with van der Waals surface area (Å²) in [6, 6.07) is 10.1. The Balaban J connectivity index is 1.93. The number of carbonyl (C=O) groups is 1. The summed E-state index contributed by atoms with van der Waals surface area (Å²) in [5.41, 5.74) is 1.63. The Kier molecular flexibility index (Phi) is 11.6. The minimum absolute atomic E-state index is 0.0521. The molecule has 4 rings (SSSR count). The Bertz CT molecular complexity index is 1670. The standard InChI is InChI=1S/C33H40N2O8S/c1-7-9-10-17-42-29-22(13-11-15-24(29)39-5)20-26-31(36)35-28(23-14-12-16-25(40-6)30(23)41-8-2)27(21(3)34-33(35)44-26)32(37)43-19-18-38-4/h11-16,20,28H,7-10,17-19H2,1-6H3/b26-20+/t28-/m1/s1. The fourth-order valence-electron chi connectivity index (χ4n) is 5.01. The highest BCUT2D eigenvalue weighted by molar-refractivity contribution is 7.07. The Labute approximate surface area is 261 Å². The van der Waals surface area contributed by atoms with Crippen LogP contribution >= 0.6 is 11.3 Å². The molecule has 236 valence electrons. The van der Waals surface area contributed by atoms with Gasteiger partial charge in [0.15, 0.2) is 27.8 Å². The molecule has 0 spiro atoms. The maximum absolute atomic E-state index is 14.3. The number of fused-ring (bicyclic) bond motifs is 1. The van der Waals surface area contributed by atoms with E-state index in [9.17, 15) is 9.59 Å². The molecule has 1 aliphatic rings. The van der Waals surface area contributed by atoms with Gasteiger partial charge in [-0.1, -0.05) is 55.4 Å². The van der Waals surface area contributed by atoms with Gasteiger partial charge in [-0.05, 0) is 38.5 Å². The Morgan fingerprint density at radius 2 is 1.68 bits per heavy atom. The summed E-state index contributed by atoms with van der Waals surface area (Å²) in [6.45, 7) is 6.89. The summed E-state index contributed by atoms with van der Waals surface area (Å²) < 4.78 is 35.9. The summed E-state index contributed by atoms with van der Waals surface area (Å²) in [7, 11) is 4.66. The van der Waals surface area contributed by atoms with E-state index in [2.05, 4.69) is 6.92 Å². The fraction of sp³-hybridized carbons (Fsp3) is 0.424. The van der Waals surface area contributed by atoms with Crippen LogP contribution in [0.5, 0.6) is 23.0 Å². The van der Waals surface area contributed by atoms with E-state index in [0.717, 1.165) is 19.3 Å². The second-order valence-corrected chi connectivity index (χ2v) is 11.0. The average Bonchev–Trinajstić information content (AvgIpc) is 3.33. The van der Waals surface area contributed by atoms with Crippen molar-refractivity contribution < 1.29 is 33.2 Å². The number of hydrogen-bond donors (Lipinski definition) is 0. The summed E-state index contributed by atoms with van der Waals surface area (Å²) in [5.74, 6) is 1.47. The molecule has 0 N–H and O–H groups in total. The number of thiazole rings is 1. The van der Waals surface area contributed by atoms with Gasteiger partial charge in [-0.3, -0.25) is 9.36 Å². The van der Waals surface area contributed by atoms with Gasteiger partial charge in [0.2, 0.25) is 0 Å². The van der Waals surface area contributed by atoms with E-state index < -0.39 is 12.0 Å². The van der Waals surface area contributed by atoms with Crippen LogP contribution in [0, 0.1) is 0 Å². The predicted molar refractivity (Wildman–Crippen MR) is 169 cm³/mol. The smallest absolute Gasteiger partial charge is 0.338 e. The lowest BCUT2D eigenvalue weighted by molar-refractivity contribution is -0.140. The first-order valence-corrected chi connectivity index (χ1v) is 15.5. The lowest BCUT2D eigenvalue weighted by Crippen LogP contribution is -2.40. The topological polar surface area (TPSA) is 107 Å². The lowest BCUT2D eigenvalue weighted by Gasteiger charge is -2.27. The van der Waals surface area contributed by atoms with E-state index in [1.165, 1.54) is 23.0 Å². The minimum atomic E-state index is -0.879. The van der Waals surface area contributed by atoms with E-state index in [4.69, 9.17) is 33.4 Å². The molecule has 44 heavy (non-hydrogen) atoms. The van der Waals surface area contributed by atoms with Gasteiger partial charge in [-0.15, -0.1) is 0 Å². The van der Waals surface area contributed by atoms with E-state index in [0.29, 0.717) is 62.4 Å². The number of nitrogens with zero attached hydrogens (tertiary/aromatic N) is 2. The number of unbranched alkanes of at least 4 members (excludes halogenated alkanes) is 2. The molecule has 0 saturated heterocycles. The zero-order chi connectivity index (χ0) is 31.6. The van der Waals surface area contributed by atoms with Crippen LogP contribution in [0.2, 0.25) is 0 Å². The average molecular weight is 625 g/mol.